The molecule has 1 saturated heterocycles. The molecule has 33 heavy (non-hydrogen) atoms. The van der Waals surface area contributed by atoms with Gasteiger partial charge in [-0.3, -0.25) is 4.79 Å². The molecular weight excluding hydrogens is 429 g/mol. The third-order valence-electron chi connectivity index (χ3n) is 6.98. The number of benzene rings is 2. The van der Waals surface area contributed by atoms with Crippen molar-refractivity contribution in [3.05, 3.63) is 42.5 Å². The molecule has 0 N–H and O–H groups in total. The van der Waals surface area contributed by atoms with Crippen LogP contribution in [0.15, 0.2) is 42.5 Å². The number of para-hydroxylation sites is 1. The summed E-state index contributed by atoms with van der Waals surface area (Å²) in [5, 5.41) is 2.35. The Kier molecular flexibility index (Phi) is 6.27. The van der Waals surface area contributed by atoms with E-state index >= 15 is 0 Å². The average molecular weight is 465 g/mol. The summed E-state index contributed by atoms with van der Waals surface area (Å²) in [4.78, 5) is 12.5. The maximum atomic E-state index is 12.5. The number of carbonyl (C=O) groups is 1. The summed E-state index contributed by atoms with van der Waals surface area (Å²) in [5.74, 6) is -0.138. The van der Waals surface area contributed by atoms with Crippen molar-refractivity contribution in [2.75, 3.05) is 6.61 Å². The first-order valence-corrected chi connectivity index (χ1v) is 15.6. The third kappa shape index (κ3) is 4.91. The van der Waals surface area contributed by atoms with Gasteiger partial charge in [0.05, 0.1) is 24.2 Å². The molecule has 2 aromatic carbocycles. The van der Waals surface area contributed by atoms with Crippen molar-refractivity contribution in [1.29, 1.82) is 0 Å². The quantitative estimate of drug-likeness (QED) is 0.348. The molecular formula is C26H36BNO4Si. The van der Waals surface area contributed by atoms with Gasteiger partial charge in [-0.2, -0.15) is 0 Å². The lowest BCUT2D eigenvalue weighted by Crippen LogP contribution is -2.41. The van der Waals surface area contributed by atoms with E-state index in [9.17, 15) is 4.79 Å². The highest BCUT2D eigenvalue weighted by Gasteiger charge is 2.51. The predicted molar refractivity (Wildman–Crippen MR) is 139 cm³/mol. The van der Waals surface area contributed by atoms with Crippen molar-refractivity contribution in [3.8, 4) is 0 Å². The molecule has 0 aliphatic carbocycles. The molecule has 0 spiro atoms. The molecule has 176 valence electrons. The first-order chi connectivity index (χ1) is 15.4. The summed E-state index contributed by atoms with van der Waals surface area (Å²) in [7, 11) is -1.64. The SMILES string of the molecule is CC1(C)OB(c2ccc3c4ccccc4n(CCC(=O)OCC[Si](C)(C)C)c3c2)OC1(C)C. The fourth-order valence-corrected chi connectivity index (χ4v) is 4.89. The van der Waals surface area contributed by atoms with E-state index in [0.29, 0.717) is 19.6 Å². The fourth-order valence-electron chi connectivity index (χ4n) is 4.18. The summed E-state index contributed by atoms with van der Waals surface area (Å²) in [6.45, 7) is 16.2. The Bertz CT molecular complexity index is 1160. The van der Waals surface area contributed by atoms with Gasteiger partial charge >= 0.3 is 13.1 Å². The molecule has 0 bridgehead atoms. The van der Waals surface area contributed by atoms with Gasteiger partial charge in [0.25, 0.3) is 0 Å². The molecule has 0 saturated carbocycles. The van der Waals surface area contributed by atoms with Gasteiger partial charge in [0.2, 0.25) is 0 Å². The molecule has 0 amide bonds. The molecule has 1 aromatic heterocycles. The summed E-state index contributed by atoms with van der Waals surface area (Å²) < 4.78 is 20.3. The van der Waals surface area contributed by atoms with E-state index in [4.69, 9.17) is 14.0 Å². The standard InChI is InChI=1S/C26H36BNO4Si/c1-25(2)26(3,4)32-27(31-25)19-12-13-21-20-10-8-9-11-22(20)28(23(21)18-19)15-14-24(29)30-16-17-33(5,6)7/h8-13,18H,14-17H2,1-7H3. The Morgan fingerprint density at radius 1 is 0.970 bits per heavy atom. The van der Waals surface area contributed by atoms with Gasteiger partial charge in [-0.05, 0) is 51.3 Å². The van der Waals surface area contributed by atoms with Gasteiger partial charge in [0.1, 0.15) is 0 Å². The maximum Gasteiger partial charge on any atom is 0.494 e. The highest BCUT2D eigenvalue weighted by molar-refractivity contribution is 6.76. The third-order valence-corrected chi connectivity index (χ3v) is 8.68. The Hall–Kier alpha value is -2.09. The zero-order valence-electron chi connectivity index (χ0n) is 21.0. The Morgan fingerprint density at radius 2 is 1.61 bits per heavy atom. The van der Waals surface area contributed by atoms with Crippen molar-refractivity contribution in [1.82, 2.24) is 4.57 Å². The van der Waals surface area contributed by atoms with Crippen molar-refractivity contribution in [2.45, 2.75) is 77.5 Å². The largest absolute Gasteiger partial charge is 0.494 e. The van der Waals surface area contributed by atoms with E-state index < -0.39 is 15.2 Å². The Balaban J connectivity index is 1.61. The minimum atomic E-state index is -1.22. The molecule has 1 aliphatic heterocycles. The zero-order valence-corrected chi connectivity index (χ0v) is 22.0. The van der Waals surface area contributed by atoms with Gasteiger partial charge in [-0.25, -0.2) is 0 Å². The van der Waals surface area contributed by atoms with Gasteiger partial charge < -0.3 is 18.6 Å². The molecule has 5 nitrogen and oxygen atoms in total. The summed E-state index contributed by atoms with van der Waals surface area (Å²) in [6, 6.07) is 15.7. The molecule has 0 unspecified atom stereocenters. The van der Waals surface area contributed by atoms with E-state index in [0.717, 1.165) is 27.9 Å². The first kappa shape index (κ1) is 24.0. The number of aromatic nitrogens is 1. The predicted octanol–water partition coefficient (Wildman–Crippen LogP) is 5.37. The molecule has 7 heteroatoms. The fraction of sp³-hybridized carbons (Fsp3) is 0.500. The smallest absolute Gasteiger partial charge is 0.466 e. The number of hydrogen-bond acceptors (Lipinski definition) is 4. The van der Waals surface area contributed by atoms with Crippen LogP contribution in [0.1, 0.15) is 34.1 Å². The van der Waals surface area contributed by atoms with Gasteiger partial charge in [0, 0.05) is 36.4 Å². The van der Waals surface area contributed by atoms with E-state index in [2.05, 4.69) is 88.3 Å². The van der Waals surface area contributed by atoms with Crippen LogP contribution in [-0.4, -0.2) is 43.5 Å². The van der Waals surface area contributed by atoms with Crippen molar-refractivity contribution < 1.29 is 18.8 Å². The number of carbonyl (C=O) groups excluding carboxylic acids is 1. The molecule has 0 atom stereocenters. The molecule has 1 aliphatic rings. The van der Waals surface area contributed by atoms with Gasteiger partial charge in [0.15, 0.2) is 0 Å². The molecule has 0 radical (unpaired) electrons. The van der Waals surface area contributed by atoms with Crippen LogP contribution in [0.5, 0.6) is 0 Å². The number of aryl methyl sites for hydroxylation is 1. The molecule has 1 fully saturated rings. The Labute approximate surface area is 198 Å². The molecule has 4 rings (SSSR count). The summed E-state index contributed by atoms with van der Waals surface area (Å²) >= 11 is 0. The van der Waals surface area contributed by atoms with Crippen LogP contribution in [0.3, 0.4) is 0 Å². The lowest BCUT2D eigenvalue weighted by atomic mass is 9.79. The van der Waals surface area contributed by atoms with Crippen molar-refractivity contribution in [2.24, 2.45) is 0 Å². The summed E-state index contributed by atoms with van der Waals surface area (Å²) in [6.07, 6.45) is 0.347. The van der Waals surface area contributed by atoms with Gasteiger partial charge in [-0.1, -0.05) is 50.0 Å². The topological polar surface area (TPSA) is 49.7 Å². The van der Waals surface area contributed by atoms with Crippen molar-refractivity contribution >= 4 is 48.4 Å². The average Bonchev–Trinajstić information content (AvgIpc) is 3.14. The maximum absolute atomic E-state index is 12.5. The van der Waals surface area contributed by atoms with Crippen LogP contribution >= 0.6 is 0 Å². The second-order valence-corrected chi connectivity index (χ2v) is 16.9. The molecule has 3 aromatic rings. The Morgan fingerprint density at radius 3 is 2.27 bits per heavy atom. The molecule has 2 heterocycles. The minimum Gasteiger partial charge on any atom is -0.466 e. The number of rotatable bonds is 7. The normalized spacial score (nSPS) is 17.7. The minimum absolute atomic E-state index is 0.138. The number of hydrogen-bond donors (Lipinski definition) is 0. The van der Waals surface area contributed by atoms with Crippen LogP contribution in [0.4, 0.5) is 0 Å². The van der Waals surface area contributed by atoms with Gasteiger partial charge in [-0.15, -0.1) is 0 Å². The monoisotopic (exact) mass is 465 g/mol. The van der Waals surface area contributed by atoms with Crippen LogP contribution in [-0.2, 0) is 25.4 Å². The highest BCUT2D eigenvalue weighted by atomic mass is 28.3. The van der Waals surface area contributed by atoms with E-state index in [1.807, 2.05) is 6.07 Å². The van der Waals surface area contributed by atoms with E-state index in [-0.39, 0.29) is 17.2 Å². The number of fused-ring (bicyclic) bond motifs is 3. The number of esters is 1. The second-order valence-electron chi connectivity index (χ2n) is 11.3. The lowest BCUT2D eigenvalue weighted by molar-refractivity contribution is -0.143. The first-order valence-electron chi connectivity index (χ1n) is 11.9. The van der Waals surface area contributed by atoms with E-state index in [1.54, 1.807) is 0 Å². The second kappa shape index (κ2) is 8.60. The summed E-state index contributed by atoms with van der Waals surface area (Å²) in [5.41, 5.74) is 2.41. The van der Waals surface area contributed by atoms with Crippen molar-refractivity contribution in [3.63, 3.8) is 0 Å². The number of nitrogens with zero attached hydrogens (tertiary/aromatic N) is 1. The van der Waals surface area contributed by atoms with Crippen LogP contribution in [0.25, 0.3) is 21.8 Å². The number of ether oxygens (including phenoxy) is 1. The van der Waals surface area contributed by atoms with E-state index in [1.165, 1.54) is 5.39 Å². The van der Waals surface area contributed by atoms with Crippen LogP contribution < -0.4 is 5.46 Å². The lowest BCUT2D eigenvalue weighted by Gasteiger charge is -2.32. The highest BCUT2D eigenvalue weighted by Crippen LogP contribution is 2.37. The van der Waals surface area contributed by atoms with Crippen LogP contribution in [0.2, 0.25) is 25.7 Å². The van der Waals surface area contributed by atoms with Crippen LogP contribution in [0, 0.1) is 0 Å². The zero-order chi connectivity index (χ0) is 24.0.